The van der Waals surface area contributed by atoms with Crippen molar-refractivity contribution in [3.05, 3.63) is 77.4 Å². The second-order valence-electron chi connectivity index (χ2n) is 7.33. The SMILES string of the molecule is CCNC(=NCc1cccc(Cn2cncn2)c1)NCc1ccc(S(C)(=O)=O)c(C)c1. The van der Waals surface area contributed by atoms with E-state index in [4.69, 9.17) is 0 Å². The van der Waals surface area contributed by atoms with Gasteiger partial charge in [-0.2, -0.15) is 5.10 Å². The molecule has 164 valence electrons. The zero-order valence-corrected chi connectivity index (χ0v) is 18.9. The van der Waals surface area contributed by atoms with Crippen LogP contribution in [-0.2, 0) is 29.5 Å². The summed E-state index contributed by atoms with van der Waals surface area (Å²) in [5.41, 5.74) is 3.97. The monoisotopic (exact) mass is 440 g/mol. The van der Waals surface area contributed by atoms with Crippen LogP contribution in [0.4, 0.5) is 0 Å². The summed E-state index contributed by atoms with van der Waals surface area (Å²) in [5.74, 6) is 0.703. The van der Waals surface area contributed by atoms with Crippen molar-refractivity contribution in [2.24, 2.45) is 4.99 Å². The highest BCUT2D eigenvalue weighted by Crippen LogP contribution is 2.16. The van der Waals surface area contributed by atoms with Gasteiger partial charge >= 0.3 is 0 Å². The van der Waals surface area contributed by atoms with E-state index >= 15 is 0 Å². The van der Waals surface area contributed by atoms with Gasteiger partial charge in [0.2, 0.25) is 0 Å². The van der Waals surface area contributed by atoms with E-state index in [9.17, 15) is 8.42 Å². The van der Waals surface area contributed by atoms with E-state index < -0.39 is 9.84 Å². The molecule has 9 heteroatoms. The third-order valence-electron chi connectivity index (χ3n) is 4.67. The van der Waals surface area contributed by atoms with Gasteiger partial charge < -0.3 is 10.6 Å². The van der Waals surface area contributed by atoms with Gasteiger partial charge in [0.1, 0.15) is 12.7 Å². The molecule has 0 aliphatic carbocycles. The zero-order valence-electron chi connectivity index (χ0n) is 18.0. The number of nitrogens with one attached hydrogen (secondary N) is 2. The van der Waals surface area contributed by atoms with Gasteiger partial charge in [-0.1, -0.05) is 36.4 Å². The zero-order chi connectivity index (χ0) is 22.3. The van der Waals surface area contributed by atoms with E-state index in [0.717, 1.165) is 28.8 Å². The molecule has 2 aromatic carbocycles. The summed E-state index contributed by atoms with van der Waals surface area (Å²) in [7, 11) is -3.22. The van der Waals surface area contributed by atoms with Crippen LogP contribution in [0, 0.1) is 6.92 Å². The Morgan fingerprint density at radius 1 is 1.10 bits per heavy atom. The number of hydrogen-bond acceptors (Lipinski definition) is 5. The van der Waals surface area contributed by atoms with Crippen molar-refractivity contribution in [1.29, 1.82) is 0 Å². The Labute approximate surface area is 183 Å². The topological polar surface area (TPSA) is 101 Å². The number of sulfone groups is 1. The van der Waals surface area contributed by atoms with Gasteiger partial charge in [-0.3, -0.25) is 0 Å². The molecule has 1 heterocycles. The third-order valence-corrected chi connectivity index (χ3v) is 5.92. The van der Waals surface area contributed by atoms with Crippen molar-refractivity contribution in [2.45, 2.75) is 38.4 Å². The molecule has 2 N–H and O–H groups in total. The van der Waals surface area contributed by atoms with E-state index in [-0.39, 0.29) is 0 Å². The molecule has 0 spiro atoms. The van der Waals surface area contributed by atoms with E-state index in [1.165, 1.54) is 12.6 Å². The van der Waals surface area contributed by atoms with Crippen LogP contribution in [0.1, 0.15) is 29.2 Å². The van der Waals surface area contributed by atoms with E-state index in [0.29, 0.717) is 30.5 Å². The Morgan fingerprint density at radius 2 is 1.90 bits per heavy atom. The maximum Gasteiger partial charge on any atom is 0.191 e. The van der Waals surface area contributed by atoms with Crippen LogP contribution in [0.15, 0.2) is 65.0 Å². The standard InChI is InChI=1S/C22H28N6O2S/c1-4-24-22(26-13-19-8-9-21(17(2)10-19)31(3,29)30)25-12-18-6-5-7-20(11-18)14-28-16-23-15-27-28/h5-11,15-16H,4,12-14H2,1-3H3,(H2,24,25,26). The number of guanidine groups is 1. The van der Waals surface area contributed by atoms with Crippen LogP contribution in [0.2, 0.25) is 0 Å². The molecule has 0 aliphatic heterocycles. The molecule has 0 saturated heterocycles. The number of rotatable bonds is 8. The maximum atomic E-state index is 11.8. The average Bonchev–Trinajstić information content (AvgIpc) is 3.22. The lowest BCUT2D eigenvalue weighted by atomic mass is 10.1. The largest absolute Gasteiger partial charge is 0.357 e. The van der Waals surface area contributed by atoms with Crippen LogP contribution in [0.5, 0.6) is 0 Å². The van der Waals surface area contributed by atoms with Crippen molar-refractivity contribution in [3.63, 3.8) is 0 Å². The molecule has 31 heavy (non-hydrogen) atoms. The molecule has 0 unspecified atom stereocenters. The van der Waals surface area contributed by atoms with Gasteiger partial charge in [0.25, 0.3) is 0 Å². The summed E-state index contributed by atoms with van der Waals surface area (Å²) in [5, 5.41) is 10.7. The van der Waals surface area contributed by atoms with Gasteiger partial charge in [-0.15, -0.1) is 0 Å². The fourth-order valence-corrected chi connectivity index (χ4v) is 4.22. The summed E-state index contributed by atoms with van der Waals surface area (Å²) in [6.07, 6.45) is 4.45. The van der Waals surface area contributed by atoms with Crippen LogP contribution >= 0.6 is 0 Å². The predicted molar refractivity (Wildman–Crippen MR) is 122 cm³/mol. The maximum absolute atomic E-state index is 11.8. The second-order valence-corrected chi connectivity index (χ2v) is 9.32. The molecular formula is C22H28N6O2S. The predicted octanol–water partition coefficient (Wildman–Crippen LogP) is 2.29. The third kappa shape index (κ3) is 6.65. The minimum atomic E-state index is -3.22. The van der Waals surface area contributed by atoms with Crippen LogP contribution in [-0.4, -0.2) is 41.9 Å². The van der Waals surface area contributed by atoms with Crippen molar-refractivity contribution < 1.29 is 8.42 Å². The second kappa shape index (κ2) is 10.2. The van der Waals surface area contributed by atoms with Gasteiger partial charge in [-0.05, 0) is 42.2 Å². The van der Waals surface area contributed by atoms with Gasteiger partial charge in [0.05, 0.1) is 18.0 Å². The van der Waals surface area contributed by atoms with Gasteiger partial charge in [-0.25, -0.2) is 23.1 Å². The first-order valence-electron chi connectivity index (χ1n) is 10.1. The molecule has 0 amide bonds. The molecule has 8 nitrogen and oxygen atoms in total. The molecule has 0 atom stereocenters. The molecular weight excluding hydrogens is 412 g/mol. The summed E-state index contributed by atoms with van der Waals surface area (Å²) in [6, 6.07) is 13.6. The van der Waals surface area contributed by atoms with Crippen LogP contribution < -0.4 is 10.6 Å². The van der Waals surface area contributed by atoms with E-state index in [1.54, 1.807) is 17.1 Å². The molecule has 0 fully saturated rings. The number of hydrogen-bond donors (Lipinski definition) is 2. The average molecular weight is 441 g/mol. The summed E-state index contributed by atoms with van der Waals surface area (Å²) < 4.78 is 25.4. The minimum absolute atomic E-state index is 0.364. The Morgan fingerprint density at radius 3 is 2.58 bits per heavy atom. The number of nitrogens with zero attached hydrogens (tertiary/aromatic N) is 4. The highest BCUT2D eigenvalue weighted by molar-refractivity contribution is 7.90. The summed E-state index contributed by atoms with van der Waals surface area (Å²) in [6.45, 7) is 6.31. The van der Waals surface area contributed by atoms with Crippen molar-refractivity contribution in [2.75, 3.05) is 12.8 Å². The highest BCUT2D eigenvalue weighted by atomic mass is 32.2. The van der Waals surface area contributed by atoms with E-state index in [2.05, 4.69) is 37.8 Å². The smallest absolute Gasteiger partial charge is 0.191 e. The van der Waals surface area contributed by atoms with Crippen LogP contribution in [0.25, 0.3) is 0 Å². The molecule has 3 rings (SSSR count). The van der Waals surface area contributed by atoms with E-state index in [1.807, 2.05) is 38.1 Å². The number of aryl methyl sites for hydroxylation is 1. The first-order valence-corrected chi connectivity index (χ1v) is 12.0. The van der Waals surface area contributed by atoms with Gasteiger partial charge in [0, 0.05) is 19.3 Å². The highest BCUT2D eigenvalue weighted by Gasteiger charge is 2.11. The fraction of sp³-hybridized carbons (Fsp3) is 0.318. The van der Waals surface area contributed by atoms with Crippen molar-refractivity contribution in [3.8, 4) is 0 Å². The fourth-order valence-electron chi connectivity index (χ4n) is 3.26. The summed E-state index contributed by atoms with van der Waals surface area (Å²) >= 11 is 0. The molecule has 1 aromatic heterocycles. The quantitative estimate of drug-likeness (QED) is 0.412. The van der Waals surface area contributed by atoms with Crippen molar-refractivity contribution in [1.82, 2.24) is 25.4 Å². The molecule has 0 bridgehead atoms. The Kier molecular flexibility index (Phi) is 7.41. The first kappa shape index (κ1) is 22.5. The Balaban J connectivity index is 1.65. The number of aliphatic imine (C=N–C) groups is 1. The van der Waals surface area contributed by atoms with Gasteiger partial charge in [0.15, 0.2) is 15.8 Å². The molecule has 0 radical (unpaired) electrons. The lowest BCUT2D eigenvalue weighted by Crippen LogP contribution is -2.36. The lowest BCUT2D eigenvalue weighted by molar-refractivity contribution is 0.601. The van der Waals surface area contributed by atoms with Crippen molar-refractivity contribution >= 4 is 15.8 Å². The molecule has 0 aliphatic rings. The molecule has 0 saturated carbocycles. The van der Waals surface area contributed by atoms with Crippen LogP contribution in [0.3, 0.4) is 0 Å². The normalized spacial score (nSPS) is 12.0. The Hall–Kier alpha value is -3.20. The minimum Gasteiger partial charge on any atom is -0.357 e. The first-order chi connectivity index (χ1) is 14.8. The Bertz CT molecular complexity index is 1140. The number of aromatic nitrogens is 3. The summed E-state index contributed by atoms with van der Waals surface area (Å²) in [4.78, 5) is 9.02. The number of benzene rings is 2. The lowest BCUT2D eigenvalue weighted by Gasteiger charge is -2.13. The molecule has 3 aromatic rings.